The predicted molar refractivity (Wildman–Crippen MR) is 76.0 cm³/mol. The number of nitrogens with one attached hydrogen (secondary N) is 2. The molecule has 0 atom stereocenters. The van der Waals surface area contributed by atoms with E-state index in [4.69, 9.17) is 4.52 Å². The molecule has 0 saturated carbocycles. The molecule has 0 aliphatic rings. The van der Waals surface area contributed by atoms with Crippen LogP contribution >= 0.6 is 0 Å². The Hall–Kier alpha value is -1.71. The number of aryl methyl sites for hydroxylation is 1. The number of sulfonamides is 1. The summed E-state index contributed by atoms with van der Waals surface area (Å²) in [5.74, 6) is 0.401. The van der Waals surface area contributed by atoms with E-state index in [1.165, 1.54) is 6.33 Å². The molecule has 2 rings (SSSR count). The molecule has 9 heteroatoms. The first kappa shape index (κ1) is 15.7. The van der Waals surface area contributed by atoms with Crippen LogP contribution in [0, 0.1) is 0 Å². The van der Waals surface area contributed by atoms with Crippen LogP contribution in [0.1, 0.15) is 18.5 Å². The lowest BCUT2D eigenvalue weighted by Gasteiger charge is -2.02. The quantitative estimate of drug-likeness (QED) is 0.713. The monoisotopic (exact) mass is 313 g/mol. The van der Waals surface area contributed by atoms with E-state index in [-0.39, 0.29) is 11.4 Å². The Kier molecular flexibility index (Phi) is 5.10. The van der Waals surface area contributed by atoms with Crippen LogP contribution in [0.2, 0.25) is 0 Å². The zero-order chi connectivity index (χ0) is 15.3. The van der Waals surface area contributed by atoms with Gasteiger partial charge in [0, 0.05) is 38.4 Å². The molecule has 2 aromatic rings. The Labute approximate surface area is 123 Å². The SMILES string of the molecule is CCNCc1cc(S(=O)(=O)NCCc2ncno2)cn1C. The van der Waals surface area contributed by atoms with Crippen LogP contribution in [0.3, 0.4) is 0 Å². The molecule has 0 saturated heterocycles. The van der Waals surface area contributed by atoms with Gasteiger partial charge in [-0.2, -0.15) is 4.98 Å². The standard InChI is InChI=1S/C12H19N5O3S/c1-3-13-7-10-6-11(8-17(10)2)21(18,19)16-5-4-12-14-9-15-20-12/h6,8-9,13,16H,3-5,7H2,1-2H3. The van der Waals surface area contributed by atoms with Gasteiger partial charge in [0.25, 0.3) is 0 Å². The maximum Gasteiger partial charge on any atom is 0.242 e. The Balaban J connectivity index is 1.98. The number of aromatic nitrogens is 3. The first-order valence-corrected chi connectivity index (χ1v) is 8.12. The van der Waals surface area contributed by atoms with Crippen molar-refractivity contribution in [2.45, 2.75) is 24.8 Å². The highest BCUT2D eigenvalue weighted by Gasteiger charge is 2.17. The highest BCUT2D eigenvalue weighted by atomic mass is 32.2. The van der Waals surface area contributed by atoms with Crippen molar-refractivity contribution in [2.24, 2.45) is 7.05 Å². The highest BCUT2D eigenvalue weighted by Crippen LogP contribution is 2.13. The van der Waals surface area contributed by atoms with Crippen molar-refractivity contribution in [1.82, 2.24) is 24.7 Å². The normalized spacial score (nSPS) is 11.9. The number of rotatable bonds is 8. The van der Waals surface area contributed by atoms with Crippen molar-refractivity contribution in [1.29, 1.82) is 0 Å². The third-order valence-corrected chi connectivity index (χ3v) is 4.42. The summed E-state index contributed by atoms with van der Waals surface area (Å²) in [6.07, 6.45) is 3.24. The number of hydrogen-bond donors (Lipinski definition) is 2. The molecule has 8 nitrogen and oxygen atoms in total. The fourth-order valence-electron chi connectivity index (χ4n) is 1.83. The van der Waals surface area contributed by atoms with Gasteiger partial charge in [-0.1, -0.05) is 12.1 Å². The third kappa shape index (κ3) is 4.13. The molecule has 0 unspecified atom stereocenters. The highest BCUT2D eigenvalue weighted by molar-refractivity contribution is 7.89. The van der Waals surface area contributed by atoms with Gasteiger partial charge in [-0.05, 0) is 12.6 Å². The Bertz CT molecular complexity index is 663. The van der Waals surface area contributed by atoms with E-state index in [2.05, 4.69) is 20.2 Å². The fraction of sp³-hybridized carbons (Fsp3) is 0.500. The molecular formula is C12H19N5O3S. The lowest BCUT2D eigenvalue weighted by molar-refractivity contribution is 0.377. The summed E-state index contributed by atoms with van der Waals surface area (Å²) in [5.41, 5.74) is 0.911. The van der Waals surface area contributed by atoms with Crippen molar-refractivity contribution in [3.63, 3.8) is 0 Å². The molecule has 2 N–H and O–H groups in total. The molecule has 2 aromatic heterocycles. The molecule has 0 amide bonds. The average Bonchev–Trinajstić information content (AvgIpc) is 3.06. The van der Waals surface area contributed by atoms with Crippen molar-refractivity contribution < 1.29 is 12.9 Å². The lowest BCUT2D eigenvalue weighted by atomic mass is 10.4. The van der Waals surface area contributed by atoms with Crippen LogP contribution in [-0.4, -0.2) is 36.2 Å². The second-order valence-corrected chi connectivity index (χ2v) is 6.31. The van der Waals surface area contributed by atoms with E-state index in [1.807, 2.05) is 14.0 Å². The molecule has 0 aliphatic carbocycles. The predicted octanol–water partition coefficient (Wildman–Crippen LogP) is 0.0386. The van der Waals surface area contributed by atoms with Gasteiger partial charge < -0.3 is 14.4 Å². The minimum atomic E-state index is -3.53. The van der Waals surface area contributed by atoms with Gasteiger partial charge in [0.05, 0.1) is 4.90 Å². The van der Waals surface area contributed by atoms with Crippen LogP contribution in [0.15, 0.2) is 28.0 Å². The summed E-state index contributed by atoms with van der Waals surface area (Å²) in [7, 11) is -1.71. The number of hydrogen-bond acceptors (Lipinski definition) is 6. The Morgan fingerprint density at radius 2 is 2.24 bits per heavy atom. The summed E-state index contributed by atoms with van der Waals surface area (Å²) in [6.45, 7) is 3.67. The molecule has 0 fully saturated rings. The van der Waals surface area contributed by atoms with E-state index < -0.39 is 10.0 Å². The van der Waals surface area contributed by atoms with Gasteiger partial charge in [0.1, 0.15) is 0 Å². The van der Waals surface area contributed by atoms with Gasteiger partial charge in [-0.25, -0.2) is 13.1 Å². The van der Waals surface area contributed by atoms with Crippen LogP contribution in [0.25, 0.3) is 0 Å². The van der Waals surface area contributed by atoms with E-state index >= 15 is 0 Å². The van der Waals surface area contributed by atoms with Crippen molar-refractivity contribution in [3.8, 4) is 0 Å². The van der Waals surface area contributed by atoms with E-state index in [1.54, 1.807) is 16.8 Å². The molecule has 116 valence electrons. The third-order valence-electron chi connectivity index (χ3n) is 2.99. The lowest BCUT2D eigenvalue weighted by Crippen LogP contribution is -2.25. The summed E-state index contributed by atoms with van der Waals surface area (Å²) >= 11 is 0. The molecule has 0 bridgehead atoms. The van der Waals surface area contributed by atoms with Crippen molar-refractivity contribution >= 4 is 10.0 Å². The van der Waals surface area contributed by atoms with E-state index in [0.29, 0.717) is 18.9 Å². The minimum absolute atomic E-state index is 0.210. The molecular weight excluding hydrogens is 294 g/mol. The summed E-state index contributed by atoms with van der Waals surface area (Å²) < 4.78 is 33.5. The Morgan fingerprint density at radius 1 is 1.43 bits per heavy atom. The zero-order valence-electron chi connectivity index (χ0n) is 12.0. The largest absolute Gasteiger partial charge is 0.352 e. The molecule has 0 radical (unpaired) electrons. The van der Waals surface area contributed by atoms with Gasteiger partial charge in [-0.15, -0.1) is 0 Å². The van der Waals surface area contributed by atoms with Gasteiger partial charge in [0.2, 0.25) is 15.9 Å². The molecule has 0 aliphatic heterocycles. The molecule has 0 spiro atoms. The van der Waals surface area contributed by atoms with E-state index in [9.17, 15) is 8.42 Å². The average molecular weight is 313 g/mol. The fourth-order valence-corrected chi connectivity index (χ4v) is 2.96. The molecule has 2 heterocycles. The van der Waals surface area contributed by atoms with Crippen molar-refractivity contribution in [3.05, 3.63) is 30.2 Å². The molecule has 0 aromatic carbocycles. The smallest absolute Gasteiger partial charge is 0.242 e. The van der Waals surface area contributed by atoms with Gasteiger partial charge in [0.15, 0.2) is 6.33 Å². The van der Waals surface area contributed by atoms with Crippen LogP contribution in [0.4, 0.5) is 0 Å². The topological polar surface area (TPSA) is 102 Å². The Morgan fingerprint density at radius 3 is 2.90 bits per heavy atom. The van der Waals surface area contributed by atoms with Crippen LogP contribution in [0.5, 0.6) is 0 Å². The number of nitrogens with zero attached hydrogens (tertiary/aromatic N) is 3. The molecule has 21 heavy (non-hydrogen) atoms. The van der Waals surface area contributed by atoms with Crippen molar-refractivity contribution in [2.75, 3.05) is 13.1 Å². The maximum atomic E-state index is 12.2. The minimum Gasteiger partial charge on any atom is -0.352 e. The first-order chi connectivity index (χ1) is 10.0. The van der Waals surface area contributed by atoms with Crippen LogP contribution < -0.4 is 10.0 Å². The van der Waals surface area contributed by atoms with Gasteiger partial charge >= 0.3 is 0 Å². The second-order valence-electron chi connectivity index (χ2n) is 4.54. The summed E-state index contributed by atoms with van der Waals surface area (Å²) in [4.78, 5) is 4.09. The van der Waals surface area contributed by atoms with Crippen LogP contribution in [-0.2, 0) is 30.0 Å². The van der Waals surface area contributed by atoms with Gasteiger partial charge in [-0.3, -0.25) is 0 Å². The second kappa shape index (κ2) is 6.83. The maximum absolute atomic E-state index is 12.2. The van der Waals surface area contributed by atoms with E-state index in [0.717, 1.165) is 12.2 Å². The summed E-state index contributed by atoms with van der Waals surface area (Å²) in [6, 6.07) is 1.66. The first-order valence-electron chi connectivity index (χ1n) is 6.64. The zero-order valence-corrected chi connectivity index (χ0v) is 12.9. The summed E-state index contributed by atoms with van der Waals surface area (Å²) in [5, 5.41) is 6.63.